The lowest BCUT2D eigenvalue weighted by molar-refractivity contribution is -0.140. The number of hydrogen-bond donors (Lipinski definition) is 1. The van der Waals surface area contributed by atoms with Crippen LogP contribution in [0.4, 0.5) is 13.2 Å². The van der Waals surface area contributed by atoms with E-state index < -0.39 is 11.9 Å². The molecule has 0 atom stereocenters. The highest BCUT2D eigenvalue weighted by molar-refractivity contribution is 7.09. The Balaban J connectivity index is 1.80. The molecular formula is C17H21F3N4OS. The van der Waals surface area contributed by atoms with Gasteiger partial charge in [0.25, 0.3) is 0 Å². The van der Waals surface area contributed by atoms with E-state index in [2.05, 4.69) is 15.3 Å². The number of halogens is 3. The second-order valence-corrected chi connectivity index (χ2v) is 6.55. The van der Waals surface area contributed by atoms with Crippen LogP contribution in [0.2, 0.25) is 0 Å². The Labute approximate surface area is 154 Å². The molecule has 0 aliphatic heterocycles. The van der Waals surface area contributed by atoms with Gasteiger partial charge in [-0.15, -0.1) is 11.3 Å². The Kier molecular flexibility index (Phi) is 6.84. The highest BCUT2D eigenvalue weighted by atomic mass is 32.1. The zero-order chi connectivity index (χ0) is 19.2. The van der Waals surface area contributed by atoms with Crippen molar-refractivity contribution in [3.05, 3.63) is 45.9 Å². The third-order valence-corrected chi connectivity index (χ3v) is 4.38. The maximum atomic E-state index is 12.6. The van der Waals surface area contributed by atoms with E-state index in [9.17, 15) is 13.2 Å². The van der Waals surface area contributed by atoms with Gasteiger partial charge in [0, 0.05) is 19.5 Å². The highest BCUT2D eigenvalue weighted by Gasteiger charge is 2.33. The van der Waals surface area contributed by atoms with Crippen molar-refractivity contribution in [2.24, 2.45) is 4.99 Å². The van der Waals surface area contributed by atoms with Gasteiger partial charge in [0.2, 0.25) is 0 Å². The number of aliphatic imine (C=N–C) groups is 1. The van der Waals surface area contributed by atoms with Crippen LogP contribution in [0.5, 0.6) is 5.75 Å². The SMILES string of the molecule is CN=C(NCc1nc(C(F)(F)F)cs1)N(C)CCOc1ccc(C)cc1. The molecule has 0 saturated heterocycles. The monoisotopic (exact) mass is 386 g/mol. The maximum absolute atomic E-state index is 12.6. The molecule has 0 spiro atoms. The first kappa shape index (κ1) is 20.0. The summed E-state index contributed by atoms with van der Waals surface area (Å²) in [5.41, 5.74) is 0.295. The van der Waals surface area contributed by atoms with Gasteiger partial charge in [0.15, 0.2) is 11.7 Å². The van der Waals surface area contributed by atoms with Gasteiger partial charge in [-0.1, -0.05) is 17.7 Å². The number of thiazole rings is 1. The molecule has 0 bridgehead atoms. The number of likely N-dealkylation sites (N-methyl/N-ethyl adjacent to an activating group) is 1. The summed E-state index contributed by atoms with van der Waals surface area (Å²) in [4.78, 5) is 9.55. The van der Waals surface area contributed by atoms with E-state index in [1.807, 2.05) is 43.1 Å². The minimum absolute atomic E-state index is 0.177. The van der Waals surface area contributed by atoms with Crippen molar-refractivity contribution < 1.29 is 17.9 Å². The number of aromatic nitrogens is 1. The van der Waals surface area contributed by atoms with Gasteiger partial charge in [0.05, 0.1) is 13.1 Å². The molecule has 2 aromatic rings. The molecule has 26 heavy (non-hydrogen) atoms. The van der Waals surface area contributed by atoms with Crippen molar-refractivity contribution in [2.75, 3.05) is 27.2 Å². The summed E-state index contributed by atoms with van der Waals surface area (Å²) in [6.07, 6.45) is -4.42. The molecule has 0 aliphatic carbocycles. The molecule has 9 heteroatoms. The molecule has 1 aromatic heterocycles. The normalized spacial score (nSPS) is 12.2. The third kappa shape index (κ3) is 5.91. The molecule has 0 amide bonds. The summed E-state index contributed by atoms with van der Waals surface area (Å²) in [6.45, 7) is 3.21. The molecule has 0 aliphatic rings. The van der Waals surface area contributed by atoms with Crippen LogP contribution in [0.1, 0.15) is 16.3 Å². The number of aryl methyl sites for hydroxylation is 1. The van der Waals surface area contributed by atoms with Gasteiger partial charge >= 0.3 is 6.18 Å². The zero-order valence-electron chi connectivity index (χ0n) is 14.8. The highest BCUT2D eigenvalue weighted by Crippen LogP contribution is 2.29. The lowest BCUT2D eigenvalue weighted by Gasteiger charge is -2.21. The number of benzene rings is 1. The standard InChI is InChI=1S/C17H21F3N4OS/c1-12-4-6-13(7-5-12)25-9-8-24(3)16(21-2)22-10-15-23-14(11-26-15)17(18,19)20/h4-7,11H,8-10H2,1-3H3,(H,21,22). The molecule has 1 N–H and O–H groups in total. The Morgan fingerprint density at radius 1 is 1.31 bits per heavy atom. The molecule has 0 radical (unpaired) electrons. The van der Waals surface area contributed by atoms with Gasteiger partial charge in [-0.2, -0.15) is 13.2 Å². The second-order valence-electron chi connectivity index (χ2n) is 5.61. The molecular weight excluding hydrogens is 365 g/mol. The van der Waals surface area contributed by atoms with Crippen LogP contribution in [-0.4, -0.2) is 43.1 Å². The fraction of sp³-hybridized carbons (Fsp3) is 0.412. The van der Waals surface area contributed by atoms with E-state index in [1.54, 1.807) is 7.05 Å². The first-order valence-corrected chi connectivity index (χ1v) is 8.80. The molecule has 0 saturated carbocycles. The van der Waals surface area contributed by atoms with E-state index in [4.69, 9.17) is 4.74 Å². The predicted octanol–water partition coefficient (Wildman–Crippen LogP) is 3.56. The lowest BCUT2D eigenvalue weighted by atomic mass is 10.2. The number of nitrogens with one attached hydrogen (secondary N) is 1. The number of alkyl halides is 3. The second kappa shape index (κ2) is 8.88. The molecule has 0 unspecified atom stereocenters. The van der Waals surface area contributed by atoms with Gasteiger partial charge in [-0.3, -0.25) is 4.99 Å². The van der Waals surface area contributed by atoms with Crippen LogP contribution in [-0.2, 0) is 12.7 Å². The average Bonchev–Trinajstić information content (AvgIpc) is 3.06. The zero-order valence-corrected chi connectivity index (χ0v) is 15.6. The molecule has 1 heterocycles. The molecule has 2 rings (SSSR count). The average molecular weight is 386 g/mol. The van der Waals surface area contributed by atoms with Crippen molar-refractivity contribution in [2.45, 2.75) is 19.6 Å². The maximum Gasteiger partial charge on any atom is 0.434 e. The van der Waals surface area contributed by atoms with Crippen molar-refractivity contribution in [3.63, 3.8) is 0 Å². The third-order valence-electron chi connectivity index (χ3n) is 3.53. The fourth-order valence-electron chi connectivity index (χ4n) is 2.10. The van der Waals surface area contributed by atoms with Crippen molar-refractivity contribution >= 4 is 17.3 Å². The van der Waals surface area contributed by atoms with Crippen LogP contribution in [0.15, 0.2) is 34.6 Å². The van der Waals surface area contributed by atoms with Crippen molar-refractivity contribution in [1.82, 2.24) is 15.2 Å². The quantitative estimate of drug-likeness (QED) is 0.609. The largest absolute Gasteiger partial charge is 0.492 e. The number of hydrogen-bond acceptors (Lipinski definition) is 4. The summed E-state index contributed by atoms with van der Waals surface area (Å²) in [5, 5.41) is 4.37. The van der Waals surface area contributed by atoms with Gasteiger partial charge in [-0.25, -0.2) is 4.98 Å². The number of ether oxygens (including phenoxy) is 1. The summed E-state index contributed by atoms with van der Waals surface area (Å²) in [6, 6.07) is 7.76. The van der Waals surface area contributed by atoms with E-state index in [0.717, 1.165) is 28.0 Å². The number of guanidine groups is 1. The number of nitrogens with zero attached hydrogens (tertiary/aromatic N) is 3. The molecule has 142 valence electrons. The molecule has 0 fully saturated rings. The Morgan fingerprint density at radius 3 is 2.58 bits per heavy atom. The summed E-state index contributed by atoms with van der Waals surface area (Å²) in [5.74, 6) is 1.34. The van der Waals surface area contributed by atoms with E-state index >= 15 is 0 Å². The van der Waals surface area contributed by atoms with Crippen molar-refractivity contribution in [3.8, 4) is 5.75 Å². The van der Waals surface area contributed by atoms with E-state index in [-0.39, 0.29) is 6.54 Å². The van der Waals surface area contributed by atoms with E-state index in [1.165, 1.54) is 0 Å². The van der Waals surface area contributed by atoms with E-state index in [0.29, 0.717) is 24.1 Å². The topological polar surface area (TPSA) is 49.8 Å². The molecule has 1 aromatic carbocycles. The Morgan fingerprint density at radius 2 is 2.00 bits per heavy atom. The Hall–Kier alpha value is -2.29. The van der Waals surface area contributed by atoms with Gasteiger partial charge in [-0.05, 0) is 19.1 Å². The lowest BCUT2D eigenvalue weighted by Crippen LogP contribution is -2.40. The first-order valence-electron chi connectivity index (χ1n) is 7.92. The van der Waals surface area contributed by atoms with Crippen LogP contribution in [0.3, 0.4) is 0 Å². The summed E-state index contributed by atoms with van der Waals surface area (Å²) >= 11 is 0.965. The smallest absolute Gasteiger partial charge is 0.434 e. The predicted molar refractivity (Wildman–Crippen MR) is 96.6 cm³/mol. The van der Waals surface area contributed by atoms with Crippen LogP contribution >= 0.6 is 11.3 Å². The van der Waals surface area contributed by atoms with Crippen LogP contribution in [0, 0.1) is 6.92 Å². The first-order chi connectivity index (χ1) is 12.3. The Bertz CT molecular complexity index is 728. The van der Waals surface area contributed by atoms with Crippen molar-refractivity contribution in [1.29, 1.82) is 0 Å². The van der Waals surface area contributed by atoms with Crippen LogP contribution < -0.4 is 10.1 Å². The summed E-state index contributed by atoms with van der Waals surface area (Å²) in [7, 11) is 3.44. The minimum atomic E-state index is -4.42. The van der Waals surface area contributed by atoms with Gasteiger partial charge in [0.1, 0.15) is 17.4 Å². The van der Waals surface area contributed by atoms with Crippen LogP contribution in [0.25, 0.3) is 0 Å². The van der Waals surface area contributed by atoms with Gasteiger partial charge < -0.3 is 15.0 Å². The fourth-order valence-corrected chi connectivity index (χ4v) is 2.84. The minimum Gasteiger partial charge on any atom is -0.492 e. The molecule has 5 nitrogen and oxygen atoms in total. The number of rotatable bonds is 6. The summed E-state index contributed by atoms with van der Waals surface area (Å²) < 4.78 is 43.4.